The van der Waals surface area contributed by atoms with Crippen LogP contribution in [-0.2, 0) is 0 Å². The van der Waals surface area contributed by atoms with Crippen LogP contribution >= 0.6 is 11.3 Å². The van der Waals surface area contributed by atoms with Gasteiger partial charge in [-0.15, -0.1) is 11.3 Å². The summed E-state index contributed by atoms with van der Waals surface area (Å²) in [6, 6.07) is 79.1. The Balaban J connectivity index is 1.01. The third kappa shape index (κ3) is 5.30. The van der Waals surface area contributed by atoms with Gasteiger partial charge in [0.25, 0.3) is 0 Å². The molecule has 0 aliphatic carbocycles. The molecule has 0 saturated carbocycles. The lowest BCUT2D eigenvalue weighted by molar-refractivity contribution is 0.669. The van der Waals surface area contributed by atoms with E-state index in [0.717, 1.165) is 50.3 Å². The van der Waals surface area contributed by atoms with Crippen LogP contribution < -0.4 is 4.90 Å². The van der Waals surface area contributed by atoms with Crippen molar-refractivity contribution < 1.29 is 4.42 Å². The van der Waals surface area contributed by atoms with Gasteiger partial charge in [0.2, 0.25) is 0 Å². The summed E-state index contributed by atoms with van der Waals surface area (Å²) in [5.74, 6) is 0. The molecule has 290 valence electrons. The summed E-state index contributed by atoms with van der Waals surface area (Å²) < 4.78 is 11.5. The number of thiophene rings is 1. The summed E-state index contributed by atoms with van der Waals surface area (Å²) in [7, 11) is 0. The van der Waals surface area contributed by atoms with Gasteiger partial charge in [-0.25, -0.2) is 0 Å². The van der Waals surface area contributed by atoms with Crippen molar-refractivity contribution in [3.8, 4) is 27.9 Å². The van der Waals surface area contributed by atoms with Crippen LogP contribution in [0.1, 0.15) is 0 Å². The smallest absolute Gasteiger partial charge is 0.137 e. The third-order valence-electron chi connectivity index (χ3n) is 12.6. The number of hydrogen-bond donors (Lipinski definition) is 0. The molecule has 62 heavy (non-hydrogen) atoms. The van der Waals surface area contributed by atoms with E-state index in [4.69, 9.17) is 4.42 Å². The van der Waals surface area contributed by atoms with Crippen LogP contribution in [0.4, 0.5) is 17.1 Å². The monoisotopic (exact) mass is 808 g/mol. The first-order valence-corrected chi connectivity index (χ1v) is 21.9. The molecular formula is C58H36N2OS. The minimum absolute atomic E-state index is 0.870. The van der Waals surface area contributed by atoms with Gasteiger partial charge in [0.05, 0.1) is 32.5 Å². The van der Waals surface area contributed by atoms with Gasteiger partial charge in [0, 0.05) is 48.4 Å². The number of nitrogens with zero attached hydrogens (tertiary/aromatic N) is 2. The summed E-state index contributed by atoms with van der Waals surface area (Å²) in [5, 5.41) is 9.71. The molecule has 3 aromatic heterocycles. The van der Waals surface area contributed by atoms with Crippen molar-refractivity contribution in [2.75, 3.05) is 4.90 Å². The molecule has 0 fully saturated rings. The molecule has 13 rings (SSSR count). The summed E-state index contributed by atoms with van der Waals surface area (Å²) >= 11 is 1.87. The lowest BCUT2D eigenvalue weighted by Crippen LogP contribution is -2.10. The average Bonchev–Trinajstić information content (AvgIpc) is 4.03. The van der Waals surface area contributed by atoms with E-state index in [9.17, 15) is 0 Å². The van der Waals surface area contributed by atoms with Crippen LogP contribution in [-0.4, -0.2) is 4.57 Å². The second-order valence-corrected chi connectivity index (χ2v) is 17.0. The lowest BCUT2D eigenvalue weighted by atomic mass is 10.0. The molecule has 13 aromatic rings. The Morgan fingerprint density at radius 1 is 0.403 bits per heavy atom. The predicted octanol–water partition coefficient (Wildman–Crippen LogP) is 17.0. The molecule has 10 aromatic carbocycles. The van der Waals surface area contributed by atoms with Crippen LogP contribution in [0.3, 0.4) is 0 Å². The van der Waals surface area contributed by atoms with Crippen molar-refractivity contribution in [3.05, 3.63) is 218 Å². The van der Waals surface area contributed by atoms with E-state index in [-0.39, 0.29) is 0 Å². The Kier molecular flexibility index (Phi) is 7.78. The van der Waals surface area contributed by atoms with Crippen molar-refractivity contribution in [2.24, 2.45) is 0 Å². The third-order valence-corrected chi connectivity index (χ3v) is 13.9. The first kappa shape index (κ1) is 34.9. The summed E-state index contributed by atoms with van der Waals surface area (Å²) in [6.07, 6.45) is 0. The van der Waals surface area contributed by atoms with E-state index in [1.807, 2.05) is 17.4 Å². The standard InChI is InChI=1S/C58H36N2OS/c1-3-14-38(15-4-1)44-21-11-22-47-48-23-12-25-51(58(48)62-57(44)47)59(50-24-13-27-54-55(50)49-20-9-10-26-53(49)61-54)42-32-28-37(29-33-42)40-31-34-45-46-35-30-39-16-7-8-19-43(39)56(46)60(52(45)36-40)41-17-5-2-6-18-41/h1-36H. The molecule has 0 N–H and O–H groups in total. The Hall–Kier alpha value is -7.92. The fourth-order valence-electron chi connectivity index (χ4n) is 9.78. The molecule has 0 radical (unpaired) electrons. The summed E-state index contributed by atoms with van der Waals surface area (Å²) in [5.41, 5.74) is 13.4. The zero-order chi connectivity index (χ0) is 40.7. The molecule has 0 unspecified atom stereocenters. The van der Waals surface area contributed by atoms with Gasteiger partial charge < -0.3 is 13.9 Å². The van der Waals surface area contributed by atoms with Crippen LogP contribution in [0.15, 0.2) is 223 Å². The normalized spacial score (nSPS) is 11.9. The second-order valence-electron chi connectivity index (χ2n) is 16.0. The molecule has 3 nitrogen and oxygen atoms in total. The molecule has 0 bridgehead atoms. The van der Waals surface area contributed by atoms with Crippen LogP contribution in [0.25, 0.3) is 103 Å². The van der Waals surface area contributed by atoms with E-state index in [1.54, 1.807) is 0 Å². The molecule has 0 aliphatic rings. The fourth-order valence-corrected chi connectivity index (χ4v) is 11.1. The van der Waals surface area contributed by atoms with Gasteiger partial charge in [-0.3, -0.25) is 0 Å². The van der Waals surface area contributed by atoms with Crippen molar-refractivity contribution >= 4 is 103 Å². The van der Waals surface area contributed by atoms with Gasteiger partial charge in [0.1, 0.15) is 11.2 Å². The number of rotatable bonds is 6. The highest BCUT2D eigenvalue weighted by molar-refractivity contribution is 7.27. The lowest BCUT2D eigenvalue weighted by Gasteiger charge is -2.27. The number of furan rings is 1. The number of benzene rings is 10. The largest absolute Gasteiger partial charge is 0.456 e. The topological polar surface area (TPSA) is 21.3 Å². The first-order chi connectivity index (χ1) is 30.8. The second kappa shape index (κ2) is 13.8. The van der Waals surface area contributed by atoms with Gasteiger partial charge >= 0.3 is 0 Å². The maximum absolute atomic E-state index is 6.49. The number of para-hydroxylation sites is 2. The zero-order valence-electron chi connectivity index (χ0n) is 33.5. The number of fused-ring (bicyclic) bond motifs is 11. The highest BCUT2D eigenvalue weighted by atomic mass is 32.1. The molecule has 0 amide bonds. The quantitative estimate of drug-likeness (QED) is 0.167. The van der Waals surface area contributed by atoms with E-state index >= 15 is 0 Å². The average molecular weight is 809 g/mol. The van der Waals surface area contributed by atoms with Crippen molar-refractivity contribution in [2.45, 2.75) is 0 Å². The van der Waals surface area contributed by atoms with E-state index < -0.39 is 0 Å². The maximum atomic E-state index is 6.49. The summed E-state index contributed by atoms with van der Waals surface area (Å²) in [6.45, 7) is 0. The van der Waals surface area contributed by atoms with E-state index in [0.29, 0.717) is 0 Å². The fraction of sp³-hybridized carbons (Fsp3) is 0. The Morgan fingerprint density at radius 2 is 1.05 bits per heavy atom. The summed E-state index contributed by atoms with van der Waals surface area (Å²) in [4.78, 5) is 2.44. The Bertz CT molecular complexity index is 3860. The van der Waals surface area contributed by atoms with Crippen LogP contribution in [0, 0.1) is 0 Å². The Morgan fingerprint density at radius 3 is 1.90 bits per heavy atom. The van der Waals surface area contributed by atoms with Crippen molar-refractivity contribution in [3.63, 3.8) is 0 Å². The van der Waals surface area contributed by atoms with Gasteiger partial charge in [-0.05, 0) is 82.2 Å². The minimum Gasteiger partial charge on any atom is -0.456 e. The molecule has 0 spiro atoms. The van der Waals surface area contributed by atoms with E-state index in [1.165, 1.54) is 69.4 Å². The first-order valence-electron chi connectivity index (χ1n) is 21.1. The number of aromatic nitrogens is 1. The predicted molar refractivity (Wildman–Crippen MR) is 264 cm³/mol. The maximum Gasteiger partial charge on any atom is 0.137 e. The van der Waals surface area contributed by atoms with E-state index in [2.05, 4.69) is 222 Å². The number of hydrogen-bond acceptors (Lipinski definition) is 3. The Labute approximate surface area is 361 Å². The highest BCUT2D eigenvalue weighted by Gasteiger charge is 2.23. The minimum atomic E-state index is 0.870. The molecule has 0 aliphatic heterocycles. The van der Waals surface area contributed by atoms with Crippen LogP contribution in [0.5, 0.6) is 0 Å². The van der Waals surface area contributed by atoms with Crippen molar-refractivity contribution in [1.29, 1.82) is 0 Å². The SMILES string of the molecule is c1ccc(-c2cccc3c2sc2c(N(c4ccc(-c5ccc6c7ccc8ccccc8c7n(-c7ccccc7)c6c5)cc4)c4cccc5oc6ccccc6c45)cccc23)cc1. The molecule has 0 atom stereocenters. The van der Waals surface area contributed by atoms with Gasteiger partial charge in [-0.1, -0.05) is 164 Å². The molecule has 3 heterocycles. The van der Waals surface area contributed by atoms with Gasteiger partial charge in [-0.2, -0.15) is 0 Å². The van der Waals surface area contributed by atoms with Crippen LogP contribution in [0.2, 0.25) is 0 Å². The number of anilines is 3. The molecule has 0 saturated heterocycles. The van der Waals surface area contributed by atoms with Gasteiger partial charge in [0.15, 0.2) is 0 Å². The zero-order valence-corrected chi connectivity index (χ0v) is 34.3. The highest BCUT2D eigenvalue weighted by Crippen LogP contribution is 2.49. The molecular weight excluding hydrogens is 773 g/mol. The van der Waals surface area contributed by atoms with Crippen molar-refractivity contribution in [1.82, 2.24) is 4.57 Å². The molecule has 4 heteroatoms.